The molecule has 0 saturated heterocycles. The molecule has 0 heterocycles. The van der Waals surface area contributed by atoms with Crippen molar-refractivity contribution in [3.63, 3.8) is 0 Å². The number of esters is 2. The van der Waals surface area contributed by atoms with E-state index in [9.17, 15) is 14.4 Å². The molecule has 0 aromatic heterocycles. The number of ether oxygens (including phenoxy) is 2. The molecule has 0 bridgehead atoms. The molecule has 0 aliphatic heterocycles. The fourth-order valence-electron chi connectivity index (χ4n) is 2.80. The van der Waals surface area contributed by atoms with Gasteiger partial charge in [0.15, 0.2) is 0 Å². The van der Waals surface area contributed by atoms with Crippen LogP contribution in [0.3, 0.4) is 0 Å². The zero-order chi connectivity index (χ0) is 18.3. The Labute approximate surface area is 142 Å². The third kappa shape index (κ3) is 6.11. The fourth-order valence-corrected chi connectivity index (χ4v) is 2.80. The summed E-state index contributed by atoms with van der Waals surface area (Å²) in [5, 5.41) is 9.01. The maximum absolute atomic E-state index is 12.3. The Morgan fingerprint density at radius 1 is 1.12 bits per heavy atom. The van der Waals surface area contributed by atoms with Crippen molar-refractivity contribution in [2.45, 2.75) is 71.6 Å². The molecular formula is C17H29NO6. The molecule has 7 nitrogen and oxygen atoms in total. The van der Waals surface area contributed by atoms with Gasteiger partial charge < -0.3 is 20.3 Å². The quantitative estimate of drug-likeness (QED) is 0.512. The Kier molecular flexibility index (Phi) is 8.18. The monoisotopic (exact) mass is 343 g/mol. The molecule has 1 aliphatic carbocycles. The van der Waals surface area contributed by atoms with Crippen LogP contribution in [0.2, 0.25) is 0 Å². The van der Waals surface area contributed by atoms with E-state index in [-0.39, 0.29) is 24.2 Å². The van der Waals surface area contributed by atoms with Gasteiger partial charge in [-0.3, -0.25) is 14.4 Å². The lowest BCUT2D eigenvalue weighted by molar-refractivity contribution is -0.197. The Hall–Kier alpha value is -1.63. The minimum Gasteiger partial charge on any atom is -0.481 e. The fraction of sp³-hybridized carbons (Fsp3) is 0.824. The molecule has 0 radical (unpaired) electrons. The third-order valence-electron chi connectivity index (χ3n) is 4.38. The van der Waals surface area contributed by atoms with E-state index in [0.29, 0.717) is 32.1 Å². The van der Waals surface area contributed by atoms with E-state index in [0.717, 1.165) is 0 Å². The molecule has 1 rings (SSSR count). The standard InChI is InChI=1S/C17H29NO6/c1-4-5-13(19)23-17(10(2)3)24-16(22)14(18)11-6-8-12(9-7-11)15(20)21/h10-12,14,17H,4-9,18H2,1-3H3,(H,20,21). The number of hydrogen-bond acceptors (Lipinski definition) is 6. The molecule has 0 spiro atoms. The first-order chi connectivity index (χ1) is 11.3. The van der Waals surface area contributed by atoms with E-state index in [1.807, 2.05) is 6.92 Å². The number of carboxylic acids is 1. The van der Waals surface area contributed by atoms with Gasteiger partial charge in [-0.15, -0.1) is 0 Å². The summed E-state index contributed by atoms with van der Waals surface area (Å²) in [7, 11) is 0. The summed E-state index contributed by atoms with van der Waals surface area (Å²) >= 11 is 0. The van der Waals surface area contributed by atoms with Crippen LogP contribution in [0.1, 0.15) is 59.3 Å². The first-order valence-corrected chi connectivity index (χ1v) is 8.64. The summed E-state index contributed by atoms with van der Waals surface area (Å²) in [5.41, 5.74) is 5.99. The van der Waals surface area contributed by atoms with E-state index in [4.69, 9.17) is 20.3 Å². The highest BCUT2D eigenvalue weighted by molar-refractivity contribution is 5.76. The Bertz CT molecular complexity index is 442. The van der Waals surface area contributed by atoms with Gasteiger partial charge in [-0.05, 0) is 38.0 Å². The normalized spacial score (nSPS) is 23.4. The average molecular weight is 343 g/mol. The molecule has 2 unspecified atom stereocenters. The van der Waals surface area contributed by atoms with Crippen LogP contribution >= 0.6 is 0 Å². The number of carbonyl (C=O) groups excluding carboxylic acids is 2. The van der Waals surface area contributed by atoms with E-state index in [1.165, 1.54) is 0 Å². The van der Waals surface area contributed by atoms with Crippen molar-refractivity contribution in [1.29, 1.82) is 0 Å². The van der Waals surface area contributed by atoms with E-state index in [2.05, 4.69) is 0 Å². The highest BCUT2D eigenvalue weighted by atomic mass is 16.7. The first-order valence-electron chi connectivity index (χ1n) is 8.64. The van der Waals surface area contributed by atoms with Gasteiger partial charge in [0.1, 0.15) is 6.04 Å². The van der Waals surface area contributed by atoms with Crippen molar-refractivity contribution in [2.75, 3.05) is 0 Å². The Morgan fingerprint density at radius 3 is 2.17 bits per heavy atom. The van der Waals surface area contributed by atoms with Crippen LogP contribution in [0.5, 0.6) is 0 Å². The number of carboxylic acid groups (broad SMARTS) is 1. The summed E-state index contributed by atoms with van der Waals surface area (Å²) in [4.78, 5) is 34.8. The summed E-state index contributed by atoms with van der Waals surface area (Å²) in [5.74, 6) is -2.44. The molecule has 24 heavy (non-hydrogen) atoms. The third-order valence-corrected chi connectivity index (χ3v) is 4.38. The van der Waals surface area contributed by atoms with Gasteiger partial charge in [-0.25, -0.2) is 0 Å². The minimum absolute atomic E-state index is 0.104. The van der Waals surface area contributed by atoms with Crippen LogP contribution in [-0.4, -0.2) is 35.3 Å². The van der Waals surface area contributed by atoms with Crippen LogP contribution in [0.15, 0.2) is 0 Å². The number of aliphatic carboxylic acids is 1. The molecule has 0 amide bonds. The maximum Gasteiger partial charge on any atom is 0.326 e. The van der Waals surface area contributed by atoms with Gasteiger partial charge in [0, 0.05) is 12.3 Å². The van der Waals surface area contributed by atoms with Gasteiger partial charge in [0.05, 0.1) is 5.92 Å². The molecule has 0 aromatic rings. The van der Waals surface area contributed by atoms with Crippen molar-refractivity contribution < 1.29 is 29.0 Å². The summed E-state index contributed by atoms with van der Waals surface area (Å²) in [6.07, 6.45) is 2.17. The van der Waals surface area contributed by atoms with Gasteiger partial charge >= 0.3 is 17.9 Å². The lowest BCUT2D eigenvalue weighted by Gasteiger charge is -2.30. The van der Waals surface area contributed by atoms with E-state index >= 15 is 0 Å². The second-order valence-electron chi connectivity index (χ2n) is 6.76. The number of rotatable bonds is 8. The van der Waals surface area contributed by atoms with E-state index in [1.54, 1.807) is 13.8 Å². The largest absolute Gasteiger partial charge is 0.481 e. The van der Waals surface area contributed by atoms with Crippen LogP contribution in [0, 0.1) is 17.8 Å². The molecule has 1 fully saturated rings. The highest BCUT2D eigenvalue weighted by Gasteiger charge is 2.34. The van der Waals surface area contributed by atoms with Crippen LogP contribution in [0.25, 0.3) is 0 Å². The lowest BCUT2D eigenvalue weighted by Crippen LogP contribution is -2.44. The van der Waals surface area contributed by atoms with Crippen LogP contribution < -0.4 is 5.73 Å². The van der Waals surface area contributed by atoms with E-state index < -0.39 is 30.2 Å². The van der Waals surface area contributed by atoms with Crippen molar-refractivity contribution in [3.8, 4) is 0 Å². The van der Waals surface area contributed by atoms with Gasteiger partial charge in [0.2, 0.25) is 6.29 Å². The maximum atomic E-state index is 12.3. The van der Waals surface area contributed by atoms with Crippen LogP contribution in [-0.2, 0) is 23.9 Å². The van der Waals surface area contributed by atoms with Gasteiger partial charge in [0.25, 0.3) is 0 Å². The highest BCUT2D eigenvalue weighted by Crippen LogP contribution is 2.31. The summed E-state index contributed by atoms with van der Waals surface area (Å²) in [6, 6.07) is -0.828. The average Bonchev–Trinajstić information content (AvgIpc) is 2.53. The Balaban J connectivity index is 2.54. The van der Waals surface area contributed by atoms with Crippen molar-refractivity contribution in [2.24, 2.45) is 23.5 Å². The zero-order valence-corrected chi connectivity index (χ0v) is 14.7. The van der Waals surface area contributed by atoms with Gasteiger partial charge in [-0.1, -0.05) is 20.8 Å². The zero-order valence-electron chi connectivity index (χ0n) is 14.7. The molecule has 2 atom stereocenters. The van der Waals surface area contributed by atoms with Gasteiger partial charge in [-0.2, -0.15) is 0 Å². The molecule has 1 saturated carbocycles. The number of carbonyl (C=O) groups is 3. The second-order valence-corrected chi connectivity index (χ2v) is 6.76. The molecular weight excluding hydrogens is 314 g/mol. The predicted molar refractivity (Wildman–Crippen MR) is 86.8 cm³/mol. The topological polar surface area (TPSA) is 116 Å². The van der Waals surface area contributed by atoms with Crippen molar-refractivity contribution in [1.82, 2.24) is 0 Å². The SMILES string of the molecule is CCCC(=O)OC(OC(=O)C(N)C1CCC(C(=O)O)CC1)C(C)C. The van der Waals surface area contributed by atoms with Crippen molar-refractivity contribution in [3.05, 3.63) is 0 Å². The minimum atomic E-state index is -0.946. The molecule has 0 aromatic carbocycles. The summed E-state index contributed by atoms with van der Waals surface area (Å²) < 4.78 is 10.5. The first kappa shape index (κ1) is 20.4. The molecule has 1 aliphatic rings. The number of hydrogen-bond donors (Lipinski definition) is 2. The molecule has 138 valence electrons. The summed E-state index contributed by atoms with van der Waals surface area (Å²) in [6.45, 7) is 5.45. The molecule has 3 N–H and O–H groups in total. The van der Waals surface area contributed by atoms with Crippen molar-refractivity contribution >= 4 is 17.9 Å². The lowest BCUT2D eigenvalue weighted by atomic mass is 9.79. The molecule has 7 heteroatoms. The second kappa shape index (κ2) is 9.61. The predicted octanol–water partition coefficient (Wildman–Crippen LogP) is 2.07. The van der Waals surface area contributed by atoms with Crippen LogP contribution in [0.4, 0.5) is 0 Å². The Morgan fingerprint density at radius 2 is 1.71 bits per heavy atom. The number of nitrogens with two attached hydrogens (primary N) is 1. The smallest absolute Gasteiger partial charge is 0.326 e.